The summed E-state index contributed by atoms with van der Waals surface area (Å²) in [5.41, 5.74) is 0. The van der Waals surface area contributed by atoms with Gasteiger partial charge in [-0.15, -0.1) is 0 Å². The van der Waals surface area contributed by atoms with Crippen molar-refractivity contribution in [3.05, 3.63) is 17.9 Å². The second-order valence-corrected chi connectivity index (χ2v) is 4.90. The van der Waals surface area contributed by atoms with Crippen molar-refractivity contribution in [2.75, 3.05) is 6.54 Å². The van der Waals surface area contributed by atoms with Gasteiger partial charge in [-0.25, -0.2) is 0 Å². The Morgan fingerprint density at radius 2 is 2.18 bits per heavy atom. The summed E-state index contributed by atoms with van der Waals surface area (Å²) in [6, 6.07) is 2.59. The molecule has 0 aliphatic heterocycles. The molecule has 17 heavy (non-hydrogen) atoms. The van der Waals surface area contributed by atoms with Crippen molar-refractivity contribution in [2.45, 2.75) is 31.3 Å². The van der Waals surface area contributed by atoms with Crippen molar-refractivity contribution in [1.29, 1.82) is 0 Å². The van der Waals surface area contributed by atoms with Crippen LogP contribution in [0.4, 0.5) is 0 Å². The van der Waals surface area contributed by atoms with Crippen LogP contribution < -0.4 is 5.32 Å². The van der Waals surface area contributed by atoms with Gasteiger partial charge in [-0.05, 0) is 18.6 Å². The lowest BCUT2D eigenvalue weighted by Crippen LogP contribution is -2.24. The van der Waals surface area contributed by atoms with E-state index in [9.17, 15) is 13.2 Å². The molecule has 1 heterocycles. The first kappa shape index (κ1) is 13.7. The van der Waals surface area contributed by atoms with Crippen molar-refractivity contribution in [1.82, 2.24) is 5.32 Å². The van der Waals surface area contributed by atoms with Gasteiger partial charge in [0.1, 0.15) is 5.76 Å². The molecule has 0 radical (unpaired) electrons. The van der Waals surface area contributed by atoms with Crippen molar-refractivity contribution in [3.8, 4) is 0 Å². The molecule has 7 heteroatoms. The zero-order valence-electron chi connectivity index (χ0n) is 9.47. The summed E-state index contributed by atoms with van der Waals surface area (Å²) >= 11 is 0. The molecule has 0 atom stereocenters. The molecule has 1 aromatic rings. The number of carbonyl (C=O) groups excluding carboxylic acids is 1. The summed E-state index contributed by atoms with van der Waals surface area (Å²) in [4.78, 5) is 11.3. The van der Waals surface area contributed by atoms with Gasteiger partial charge >= 0.3 is 10.1 Å². The fraction of sp³-hybridized carbons (Fsp3) is 0.500. The van der Waals surface area contributed by atoms with Crippen LogP contribution in [0.15, 0.2) is 21.6 Å². The second kappa shape index (κ2) is 5.83. The first-order valence-electron chi connectivity index (χ1n) is 5.26. The fourth-order valence-electron chi connectivity index (χ4n) is 1.22. The zero-order chi connectivity index (χ0) is 12.9. The van der Waals surface area contributed by atoms with Crippen LogP contribution in [0, 0.1) is 0 Å². The largest absolute Gasteiger partial charge is 0.447 e. The Bertz CT molecular complexity index is 477. The third-order valence-corrected chi connectivity index (χ3v) is 2.79. The van der Waals surface area contributed by atoms with Crippen LogP contribution in [0.3, 0.4) is 0 Å². The monoisotopic (exact) mass is 261 g/mol. The molecule has 6 nitrogen and oxygen atoms in total. The highest BCUT2D eigenvalue weighted by Crippen LogP contribution is 2.14. The molecule has 1 aromatic heterocycles. The van der Waals surface area contributed by atoms with E-state index in [0.717, 1.165) is 12.5 Å². The molecule has 0 unspecified atom stereocenters. The minimum Gasteiger partial charge on any atom is -0.447 e. The molecule has 1 amide bonds. The van der Waals surface area contributed by atoms with Crippen molar-refractivity contribution < 1.29 is 22.2 Å². The lowest BCUT2D eigenvalue weighted by molar-refractivity contribution is -0.121. The molecule has 0 spiro atoms. The minimum atomic E-state index is -4.30. The number of aryl methyl sites for hydroxylation is 1. The predicted octanol–water partition coefficient (Wildman–Crippen LogP) is 0.985. The van der Waals surface area contributed by atoms with E-state index in [1.54, 1.807) is 0 Å². The highest BCUT2D eigenvalue weighted by molar-refractivity contribution is 7.85. The number of carbonyl (C=O) groups is 1. The first-order chi connectivity index (χ1) is 7.93. The number of hydrogen-bond donors (Lipinski definition) is 2. The summed E-state index contributed by atoms with van der Waals surface area (Å²) in [6.07, 6.45) is 1.38. The normalized spacial score (nSPS) is 11.4. The number of hydrogen-bond acceptors (Lipinski definition) is 4. The van der Waals surface area contributed by atoms with Gasteiger partial charge in [-0.3, -0.25) is 9.35 Å². The highest BCUT2D eigenvalue weighted by Gasteiger charge is 2.15. The quantitative estimate of drug-likeness (QED) is 0.744. The number of nitrogens with one attached hydrogen (secondary N) is 1. The Hall–Kier alpha value is -1.34. The van der Waals surface area contributed by atoms with Gasteiger partial charge in [-0.2, -0.15) is 8.42 Å². The predicted molar refractivity (Wildman–Crippen MR) is 60.1 cm³/mol. The number of furan rings is 1. The van der Waals surface area contributed by atoms with Crippen molar-refractivity contribution >= 4 is 16.0 Å². The van der Waals surface area contributed by atoms with E-state index in [-0.39, 0.29) is 12.3 Å². The maximum Gasteiger partial charge on any atom is 0.328 e. The van der Waals surface area contributed by atoms with E-state index in [1.165, 1.54) is 6.07 Å². The molecule has 0 bridgehead atoms. The second-order valence-electron chi connectivity index (χ2n) is 3.55. The van der Waals surface area contributed by atoms with Crippen LogP contribution in [-0.2, 0) is 21.3 Å². The maximum atomic E-state index is 11.3. The van der Waals surface area contributed by atoms with Crippen molar-refractivity contribution in [2.24, 2.45) is 0 Å². The molecular weight excluding hydrogens is 246 g/mol. The third-order valence-electron chi connectivity index (χ3n) is 2.06. The van der Waals surface area contributed by atoms with E-state index >= 15 is 0 Å². The van der Waals surface area contributed by atoms with Gasteiger partial charge in [0.25, 0.3) is 0 Å². The van der Waals surface area contributed by atoms with E-state index in [4.69, 9.17) is 8.97 Å². The van der Waals surface area contributed by atoms with Gasteiger partial charge in [0, 0.05) is 19.4 Å². The van der Waals surface area contributed by atoms with Crippen LogP contribution in [0.5, 0.6) is 0 Å². The van der Waals surface area contributed by atoms with Gasteiger partial charge < -0.3 is 9.73 Å². The molecule has 96 valence electrons. The fourth-order valence-corrected chi connectivity index (χ4v) is 1.67. The molecule has 0 fully saturated rings. The third kappa shape index (κ3) is 4.58. The van der Waals surface area contributed by atoms with Crippen LogP contribution in [0.25, 0.3) is 0 Å². The van der Waals surface area contributed by atoms with E-state index < -0.39 is 15.2 Å². The SMILES string of the molecule is CCCNC(=O)CCc1ccc(S(=O)(=O)O)o1. The van der Waals surface area contributed by atoms with E-state index in [0.29, 0.717) is 18.7 Å². The Morgan fingerprint density at radius 3 is 2.71 bits per heavy atom. The summed E-state index contributed by atoms with van der Waals surface area (Å²) in [5.74, 6) is 0.237. The van der Waals surface area contributed by atoms with Crippen LogP contribution in [-0.4, -0.2) is 25.4 Å². The summed E-state index contributed by atoms with van der Waals surface area (Å²) in [7, 11) is -4.30. The number of rotatable bonds is 6. The van der Waals surface area contributed by atoms with Gasteiger partial charge in [0.2, 0.25) is 11.0 Å². The molecule has 0 aliphatic rings. The van der Waals surface area contributed by atoms with Gasteiger partial charge in [0.05, 0.1) is 0 Å². The van der Waals surface area contributed by atoms with Crippen molar-refractivity contribution in [3.63, 3.8) is 0 Å². The Morgan fingerprint density at radius 1 is 1.47 bits per heavy atom. The first-order valence-corrected chi connectivity index (χ1v) is 6.70. The molecule has 1 rings (SSSR count). The molecule has 0 saturated heterocycles. The summed E-state index contributed by atoms with van der Waals surface area (Å²) < 4.78 is 35.0. The lowest BCUT2D eigenvalue weighted by atomic mass is 10.2. The van der Waals surface area contributed by atoms with Gasteiger partial charge in [-0.1, -0.05) is 6.92 Å². The van der Waals surface area contributed by atoms with Crippen LogP contribution in [0.1, 0.15) is 25.5 Å². The molecular formula is C10H15NO5S. The highest BCUT2D eigenvalue weighted by atomic mass is 32.2. The van der Waals surface area contributed by atoms with Gasteiger partial charge in [0.15, 0.2) is 0 Å². The average molecular weight is 261 g/mol. The Kier molecular flexibility index (Phi) is 4.71. The van der Waals surface area contributed by atoms with E-state index in [2.05, 4.69) is 5.32 Å². The molecule has 2 N–H and O–H groups in total. The minimum absolute atomic E-state index is 0.114. The topological polar surface area (TPSA) is 96.6 Å². The molecule has 0 saturated carbocycles. The average Bonchev–Trinajstić information content (AvgIpc) is 2.71. The molecule has 0 aromatic carbocycles. The Labute approximate surface area is 99.8 Å². The zero-order valence-corrected chi connectivity index (χ0v) is 10.3. The maximum absolute atomic E-state index is 11.3. The van der Waals surface area contributed by atoms with Crippen LogP contribution >= 0.6 is 0 Å². The Balaban J connectivity index is 2.48. The standard InChI is InChI=1S/C10H15NO5S/c1-2-7-11-9(12)5-3-8-4-6-10(16-8)17(13,14)15/h4,6H,2-3,5,7H2,1H3,(H,11,12)(H,13,14,15). The molecule has 0 aliphatic carbocycles. The smallest absolute Gasteiger partial charge is 0.328 e. The van der Waals surface area contributed by atoms with E-state index in [1.807, 2.05) is 6.92 Å². The number of amides is 1. The van der Waals surface area contributed by atoms with Crippen LogP contribution in [0.2, 0.25) is 0 Å². The summed E-state index contributed by atoms with van der Waals surface area (Å²) in [6.45, 7) is 2.57. The summed E-state index contributed by atoms with van der Waals surface area (Å²) in [5, 5.41) is 2.19. The lowest BCUT2D eigenvalue weighted by Gasteiger charge is -2.01.